The molecule has 19 heavy (non-hydrogen) atoms. The van der Waals surface area contributed by atoms with E-state index in [9.17, 15) is 4.79 Å². The number of aromatic nitrogens is 1. The van der Waals surface area contributed by atoms with Crippen molar-refractivity contribution in [2.24, 2.45) is 0 Å². The van der Waals surface area contributed by atoms with Gasteiger partial charge in [-0.15, -0.1) is 11.3 Å². The summed E-state index contributed by atoms with van der Waals surface area (Å²) in [7, 11) is 0. The van der Waals surface area contributed by atoms with Crippen molar-refractivity contribution in [1.29, 1.82) is 0 Å². The van der Waals surface area contributed by atoms with Crippen LogP contribution in [0, 0.1) is 6.92 Å². The third-order valence-corrected chi connectivity index (χ3v) is 4.67. The topological polar surface area (TPSA) is 36.4 Å². The fourth-order valence-corrected chi connectivity index (χ4v) is 3.38. The maximum Gasteiger partial charge on any atom is 0.228 e. The van der Waals surface area contributed by atoms with Gasteiger partial charge in [0.15, 0.2) is 0 Å². The van der Waals surface area contributed by atoms with Crippen LogP contribution < -0.4 is 0 Å². The largest absolute Gasteiger partial charge is 0.341 e. The summed E-state index contributed by atoms with van der Waals surface area (Å²) in [5, 5.41) is 3.02. The summed E-state index contributed by atoms with van der Waals surface area (Å²) in [4.78, 5) is 21.1. The van der Waals surface area contributed by atoms with Gasteiger partial charge in [-0.05, 0) is 26.4 Å². The predicted molar refractivity (Wildman–Crippen MR) is 78.5 cm³/mol. The van der Waals surface area contributed by atoms with E-state index in [-0.39, 0.29) is 5.91 Å². The third kappa shape index (κ3) is 3.54. The highest BCUT2D eigenvalue weighted by molar-refractivity contribution is 7.09. The lowest BCUT2D eigenvalue weighted by Crippen LogP contribution is -2.39. The quantitative estimate of drug-likeness (QED) is 0.827. The average Bonchev–Trinajstić information content (AvgIpc) is 3.01. The summed E-state index contributed by atoms with van der Waals surface area (Å²) in [5.41, 5.74) is 0.916. The second-order valence-electron chi connectivity index (χ2n) is 5.04. The lowest BCUT2D eigenvalue weighted by atomic mass is 10.2. The molecule has 2 heterocycles. The molecule has 1 fully saturated rings. The zero-order valence-corrected chi connectivity index (χ0v) is 12.9. The number of hydrogen-bond acceptors (Lipinski definition) is 4. The lowest BCUT2D eigenvalue weighted by molar-refractivity contribution is -0.129. The number of carbonyl (C=O) groups is 1. The van der Waals surface area contributed by atoms with Crippen LogP contribution in [0.25, 0.3) is 0 Å². The summed E-state index contributed by atoms with van der Waals surface area (Å²) >= 11 is 1.61. The van der Waals surface area contributed by atoms with E-state index in [1.165, 1.54) is 0 Å². The van der Waals surface area contributed by atoms with Crippen LogP contribution >= 0.6 is 11.3 Å². The van der Waals surface area contributed by atoms with E-state index in [2.05, 4.69) is 23.7 Å². The fourth-order valence-electron chi connectivity index (χ4n) is 2.76. The van der Waals surface area contributed by atoms with Gasteiger partial charge in [-0.2, -0.15) is 0 Å². The zero-order chi connectivity index (χ0) is 13.8. The Kier molecular flexibility index (Phi) is 4.93. The smallest absolute Gasteiger partial charge is 0.228 e. The Balaban J connectivity index is 1.88. The molecule has 0 saturated carbocycles. The van der Waals surface area contributed by atoms with Gasteiger partial charge in [-0.25, -0.2) is 4.98 Å². The molecule has 2 rings (SSSR count). The van der Waals surface area contributed by atoms with E-state index in [1.807, 2.05) is 17.2 Å². The maximum absolute atomic E-state index is 12.2. The fraction of sp³-hybridized carbons (Fsp3) is 0.714. The molecule has 1 aromatic rings. The van der Waals surface area contributed by atoms with Crippen LogP contribution in [-0.4, -0.2) is 52.9 Å². The molecule has 0 radical (unpaired) electrons. The van der Waals surface area contributed by atoms with Gasteiger partial charge in [-0.1, -0.05) is 13.8 Å². The minimum Gasteiger partial charge on any atom is -0.341 e. The summed E-state index contributed by atoms with van der Waals surface area (Å²) in [6.07, 6.45) is 1.55. The summed E-state index contributed by atoms with van der Waals surface area (Å²) in [6.45, 7) is 10.2. The lowest BCUT2D eigenvalue weighted by Gasteiger charge is -2.26. The molecular weight excluding hydrogens is 258 g/mol. The van der Waals surface area contributed by atoms with Crippen molar-refractivity contribution in [2.45, 2.75) is 39.7 Å². The molecule has 1 aliphatic heterocycles. The number of rotatable bonds is 5. The molecule has 1 amide bonds. The van der Waals surface area contributed by atoms with E-state index in [1.54, 1.807) is 11.3 Å². The second-order valence-corrected chi connectivity index (χ2v) is 6.10. The van der Waals surface area contributed by atoms with Gasteiger partial charge in [0, 0.05) is 24.5 Å². The first-order valence-corrected chi connectivity index (χ1v) is 7.94. The predicted octanol–water partition coefficient (Wildman–Crippen LogP) is 1.94. The van der Waals surface area contributed by atoms with E-state index < -0.39 is 0 Å². The van der Waals surface area contributed by atoms with E-state index >= 15 is 0 Å². The first kappa shape index (κ1) is 14.5. The molecule has 1 saturated heterocycles. The van der Waals surface area contributed by atoms with Crippen LogP contribution in [0.4, 0.5) is 0 Å². The van der Waals surface area contributed by atoms with Gasteiger partial charge in [0.05, 0.1) is 17.1 Å². The number of nitrogens with zero attached hydrogens (tertiary/aromatic N) is 3. The van der Waals surface area contributed by atoms with E-state index in [0.29, 0.717) is 12.5 Å². The number of likely N-dealkylation sites (N-methyl/N-ethyl adjacent to an activating group) is 1. The van der Waals surface area contributed by atoms with Crippen molar-refractivity contribution in [3.63, 3.8) is 0 Å². The number of likely N-dealkylation sites (tertiary alicyclic amines) is 1. The SMILES string of the molecule is CCN(CC)C1CCN(C(=O)Cc2csc(C)n2)C1. The number of thiazole rings is 1. The van der Waals surface area contributed by atoms with Crippen molar-refractivity contribution < 1.29 is 4.79 Å². The van der Waals surface area contributed by atoms with Gasteiger partial charge in [0.2, 0.25) is 5.91 Å². The first-order chi connectivity index (χ1) is 9.13. The highest BCUT2D eigenvalue weighted by Gasteiger charge is 2.29. The van der Waals surface area contributed by atoms with Crippen LogP contribution in [-0.2, 0) is 11.2 Å². The normalized spacial score (nSPS) is 19.4. The summed E-state index contributed by atoms with van der Waals surface area (Å²) < 4.78 is 0. The first-order valence-electron chi connectivity index (χ1n) is 7.06. The number of amides is 1. The molecule has 1 unspecified atom stereocenters. The molecule has 4 nitrogen and oxygen atoms in total. The highest BCUT2D eigenvalue weighted by atomic mass is 32.1. The van der Waals surface area contributed by atoms with Crippen molar-refractivity contribution in [3.8, 4) is 0 Å². The van der Waals surface area contributed by atoms with E-state index in [0.717, 1.165) is 43.3 Å². The molecule has 106 valence electrons. The van der Waals surface area contributed by atoms with Crippen LogP contribution in [0.1, 0.15) is 31.0 Å². The Morgan fingerprint density at radius 2 is 2.26 bits per heavy atom. The Morgan fingerprint density at radius 3 is 2.84 bits per heavy atom. The monoisotopic (exact) mass is 281 g/mol. The molecular formula is C14H23N3OS. The van der Waals surface area contributed by atoms with Gasteiger partial charge >= 0.3 is 0 Å². The molecule has 0 spiro atoms. The van der Waals surface area contributed by atoms with Crippen LogP contribution in [0.5, 0.6) is 0 Å². The molecule has 0 aromatic carbocycles. The Hall–Kier alpha value is -0.940. The van der Waals surface area contributed by atoms with E-state index in [4.69, 9.17) is 0 Å². The van der Waals surface area contributed by atoms with Gasteiger partial charge in [-0.3, -0.25) is 9.69 Å². The molecule has 1 aliphatic rings. The standard InChI is InChI=1S/C14H23N3OS/c1-4-16(5-2)13-6-7-17(9-13)14(18)8-12-10-19-11(3)15-12/h10,13H,4-9H2,1-3H3. The van der Waals surface area contributed by atoms with Crippen LogP contribution in [0.15, 0.2) is 5.38 Å². The Bertz CT molecular complexity index is 428. The van der Waals surface area contributed by atoms with Crippen LogP contribution in [0.2, 0.25) is 0 Å². The highest BCUT2D eigenvalue weighted by Crippen LogP contribution is 2.17. The maximum atomic E-state index is 12.2. The minimum atomic E-state index is 0.222. The van der Waals surface area contributed by atoms with Crippen molar-refractivity contribution in [3.05, 3.63) is 16.1 Å². The molecule has 0 N–H and O–H groups in total. The molecule has 5 heteroatoms. The molecule has 0 aliphatic carbocycles. The van der Waals surface area contributed by atoms with Crippen molar-refractivity contribution in [2.75, 3.05) is 26.2 Å². The second kappa shape index (κ2) is 6.48. The van der Waals surface area contributed by atoms with Crippen molar-refractivity contribution >= 4 is 17.2 Å². The number of hydrogen-bond donors (Lipinski definition) is 0. The third-order valence-electron chi connectivity index (χ3n) is 3.84. The number of aryl methyl sites for hydroxylation is 1. The van der Waals surface area contributed by atoms with Gasteiger partial charge in [0.25, 0.3) is 0 Å². The van der Waals surface area contributed by atoms with Gasteiger partial charge in [0.1, 0.15) is 0 Å². The summed E-state index contributed by atoms with van der Waals surface area (Å²) in [5.74, 6) is 0.222. The Labute approximate surface area is 119 Å². The minimum absolute atomic E-state index is 0.222. The molecule has 1 aromatic heterocycles. The summed E-state index contributed by atoms with van der Waals surface area (Å²) in [6, 6.07) is 0.538. The van der Waals surface area contributed by atoms with Gasteiger partial charge < -0.3 is 4.90 Å². The van der Waals surface area contributed by atoms with Crippen molar-refractivity contribution in [1.82, 2.24) is 14.8 Å². The van der Waals surface area contributed by atoms with Crippen LogP contribution in [0.3, 0.4) is 0 Å². The number of carbonyl (C=O) groups excluding carboxylic acids is 1. The molecule has 1 atom stereocenters. The average molecular weight is 281 g/mol. The Morgan fingerprint density at radius 1 is 1.53 bits per heavy atom. The molecule has 0 bridgehead atoms. The zero-order valence-electron chi connectivity index (χ0n) is 12.1.